The molecular weight excluding hydrogens is 466 g/mol. The molecule has 0 radical (unpaired) electrons. The third kappa shape index (κ3) is 4.42. The molecule has 0 atom stereocenters. The lowest BCUT2D eigenvalue weighted by Crippen LogP contribution is -2.09. The first kappa shape index (κ1) is 23.1. The van der Waals surface area contributed by atoms with E-state index in [0.717, 1.165) is 59.2 Å². The molecule has 0 amide bonds. The maximum atomic E-state index is 11.5. The Hall–Kier alpha value is -3.62. The first-order valence-corrected chi connectivity index (χ1v) is 12.1. The van der Waals surface area contributed by atoms with Crippen LogP contribution in [0.25, 0.3) is 28.0 Å². The number of para-hydroxylation sites is 1. The standard InChI is InChI=1S/C26H26ClN5O3/c1-2-3-4-12-23-28-24(27)22(16-33)32(23)15-17-8-7-11-20-18(17)13-14-31(20)21-10-6-5-9-19(21)25-29-26(34)35-30-25/h5-11,13-14,33H,2-4,12,15-16H2,1H3,(H,29,30,34). The van der Waals surface area contributed by atoms with Gasteiger partial charge >= 0.3 is 5.76 Å². The number of hydrogen-bond acceptors (Lipinski definition) is 5. The normalized spacial score (nSPS) is 11.5. The van der Waals surface area contributed by atoms with E-state index in [-0.39, 0.29) is 6.61 Å². The number of aromatic nitrogens is 5. The van der Waals surface area contributed by atoms with E-state index in [9.17, 15) is 9.90 Å². The van der Waals surface area contributed by atoms with Crippen LogP contribution in [0.15, 0.2) is 64.0 Å². The third-order valence-corrected chi connectivity index (χ3v) is 6.57. The van der Waals surface area contributed by atoms with Gasteiger partial charge in [-0.3, -0.25) is 9.51 Å². The first-order chi connectivity index (χ1) is 17.1. The van der Waals surface area contributed by atoms with Crippen molar-refractivity contribution in [2.45, 2.75) is 45.8 Å². The van der Waals surface area contributed by atoms with Crippen LogP contribution in [0, 0.1) is 0 Å². The van der Waals surface area contributed by atoms with Crippen LogP contribution in [0.3, 0.4) is 0 Å². The van der Waals surface area contributed by atoms with Gasteiger partial charge in [0.15, 0.2) is 11.0 Å². The fourth-order valence-electron chi connectivity index (χ4n) is 4.55. The monoisotopic (exact) mass is 491 g/mol. The van der Waals surface area contributed by atoms with Crippen LogP contribution in [-0.4, -0.2) is 29.4 Å². The number of aliphatic hydroxyl groups is 1. The van der Waals surface area contributed by atoms with Gasteiger partial charge < -0.3 is 14.2 Å². The number of rotatable bonds is 9. The summed E-state index contributed by atoms with van der Waals surface area (Å²) in [7, 11) is 0. The van der Waals surface area contributed by atoms with Gasteiger partial charge in [0, 0.05) is 30.1 Å². The van der Waals surface area contributed by atoms with Gasteiger partial charge in [-0.15, -0.1) is 0 Å². The Morgan fingerprint density at radius 3 is 2.74 bits per heavy atom. The molecule has 180 valence electrons. The summed E-state index contributed by atoms with van der Waals surface area (Å²) in [5.41, 5.74) is 4.35. The van der Waals surface area contributed by atoms with Crippen LogP contribution in [0.4, 0.5) is 0 Å². The molecule has 5 rings (SSSR count). The number of aliphatic hydroxyl groups excluding tert-OH is 1. The number of hydrogen-bond donors (Lipinski definition) is 2. The summed E-state index contributed by atoms with van der Waals surface area (Å²) >= 11 is 6.37. The maximum absolute atomic E-state index is 11.5. The number of aromatic amines is 1. The quantitative estimate of drug-likeness (QED) is 0.279. The lowest BCUT2D eigenvalue weighted by atomic mass is 10.1. The second kappa shape index (κ2) is 9.93. The molecule has 35 heavy (non-hydrogen) atoms. The molecule has 2 N–H and O–H groups in total. The van der Waals surface area contributed by atoms with Gasteiger partial charge in [0.2, 0.25) is 0 Å². The Kier molecular flexibility index (Phi) is 6.57. The maximum Gasteiger partial charge on any atom is 0.439 e. The number of nitrogens with one attached hydrogen (secondary N) is 1. The number of benzene rings is 2. The summed E-state index contributed by atoms with van der Waals surface area (Å²) in [5.74, 6) is 0.674. The largest absolute Gasteiger partial charge is 0.439 e. The second-order valence-electron chi connectivity index (χ2n) is 8.46. The topological polar surface area (TPSA) is 102 Å². The fourth-order valence-corrected chi connectivity index (χ4v) is 4.81. The molecule has 0 fully saturated rings. The molecule has 0 saturated carbocycles. The molecule has 0 aliphatic heterocycles. The highest BCUT2D eigenvalue weighted by molar-refractivity contribution is 6.30. The number of H-pyrrole nitrogens is 1. The molecule has 0 saturated heterocycles. The summed E-state index contributed by atoms with van der Waals surface area (Å²) in [6.07, 6.45) is 6.08. The number of aryl methyl sites for hydroxylation is 1. The molecule has 8 nitrogen and oxygen atoms in total. The summed E-state index contributed by atoms with van der Waals surface area (Å²) in [4.78, 5) is 18.7. The van der Waals surface area contributed by atoms with Gasteiger partial charge in [-0.05, 0) is 36.2 Å². The number of nitrogens with zero attached hydrogens (tertiary/aromatic N) is 4. The van der Waals surface area contributed by atoms with Crippen LogP contribution in [0.5, 0.6) is 0 Å². The van der Waals surface area contributed by atoms with E-state index >= 15 is 0 Å². The van der Waals surface area contributed by atoms with E-state index in [1.54, 1.807) is 0 Å². The van der Waals surface area contributed by atoms with Crippen molar-refractivity contribution < 1.29 is 9.63 Å². The van der Waals surface area contributed by atoms with Gasteiger partial charge in [0.1, 0.15) is 5.82 Å². The van der Waals surface area contributed by atoms with E-state index < -0.39 is 5.76 Å². The highest BCUT2D eigenvalue weighted by Crippen LogP contribution is 2.30. The van der Waals surface area contributed by atoms with Crippen molar-refractivity contribution in [3.8, 4) is 17.1 Å². The predicted octanol–water partition coefficient (Wildman–Crippen LogP) is 5.10. The van der Waals surface area contributed by atoms with Gasteiger partial charge in [0.25, 0.3) is 0 Å². The Balaban J connectivity index is 1.56. The number of fused-ring (bicyclic) bond motifs is 1. The van der Waals surface area contributed by atoms with Crippen molar-refractivity contribution in [1.29, 1.82) is 0 Å². The van der Waals surface area contributed by atoms with E-state index in [4.69, 9.17) is 16.1 Å². The van der Waals surface area contributed by atoms with Crippen molar-refractivity contribution in [3.63, 3.8) is 0 Å². The van der Waals surface area contributed by atoms with Crippen molar-refractivity contribution in [1.82, 2.24) is 24.3 Å². The Bertz CT molecular complexity index is 1530. The van der Waals surface area contributed by atoms with Crippen molar-refractivity contribution >= 4 is 22.5 Å². The van der Waals surface area contributed by atoms with E-state index in [2.05, 4.69) is 44.8 Å². The lowest BCUT2D eigenvalue weighted by Gasteiger charge is -2.13. The summed E-state index contributed by atoms with van der Waals surface area (Å²) < 4.78 is 8.83. The second-order valence-corrected chi connectivity index (χ2v) is 8.82. The number of unbranched alkanes of at least 4 members (excludes halogenated alkanes) is 2. The van der Waals surface area contributed by atoms with Crippen molar-refractivity contribution in [2.75, 3.05) is 0 Å². The predicted molar refractivity (Wildman–Crippen MR) is 135 cm³/mol. The van der Waals surface area contributed by atoms with Crippen molar-refractivity contribution in [2.24, 2.45) is 0 Å². The van der Waals surface area contributed by atoms with E-state index in [1.807, 2.05) is 41.1 Å². The van der Waals surface area contributed by atoms with Gasteiger partial charge in [-0.25, -0.2) is 9.78 Å². The van der Waals surface area contributed by atoms with Crippen LogP contribution >= 0.6 is 11.6 Å². The summed E-state index contributed by atoms with van der Waals surface area (Å²) in [6.45, 7) is 2.55. The van der Waals surface area contributed by atoms with Gasteiger partial charge in [-0.1, -0.05) is 60.8 Å². The Labute approximate surface area is 206 Å². The van der Waals surface area contributed by atoms with Gasteiger partial charge in [0.05, 0.1) is 23.5 Å². The summed E-state index contributed by atoms with van der Waals surface area (Å²) in [5, 5.41) is 15.3. The fraction of sp³-hybridized carbons (Fsp3) is 0.269. The van der Waals surface area contributed by atoms with Gasteiger partial charge in [-0.2, -0.15) is 0 Å². The molecule has 0 spiro atoms. The molecule has 0 aliphatic carbocycles. The average molecular weight is 492 g/mol. The minimum atomic E-state index is -0.595. The highest BCUT2D eigenvalue weighted by Gasteiger charge is 2.18. The van der Waals surface area contributed by atoms with Crippen molar-refractivity contribution in [3.05, 3.63) is 87.5 Å². The summed E-state index contributed by atoms with van der Waals surface area (Å²) in [6, 6.07) is 15.9. The number of imidazole rings is 1. The van der Waals surface area contributed by atoms with Crippen LogP contribution < -0.4 is 5.76 Å². The zero-order valence-electron chi connectivity index (χ0n) is 19.4. The average Bonchev–Trinajstić information content (AvgIpc) is 3.57. The van der Waals surface area contributed by atoms with Crippen LogP contribution in [0.1, 0.15) is 43.3 Å². The Morgan fingerprint density at radius 1 is 1.11 bits per heavy atom. The van der Waals surface area contributed by atoms with Crippen LogP contribution in [-0.2, 0) is 19.6 Å². The molecule has 2 aromatic carbocycles. The molecule has 3 aromatic heterocycles. The minimum Gasteiger partial charge on any atom is -0.390 e. The SMILES string of the molecule is CCCCCc1nc(Cl)c(CO)n1Cc1cccc2c1ccn2-c1ccccc1-c1noc(=O)[nH]1. The zero-order chi connectivity index (χ0) is 24.4. The molecular formula is C26H26ClN5O3. The molecule has 3 heterocycles. The molecule has 5 aromatic rings. The highest BCUT2D eigenvalue weighted by atomic mass is 35.5. The van der Waals surface area contributed by atoms with E-state index in [0.29, 0.717) is 23.2 Å². The third-order valence-electron chi connectivity index (χ3n) is 6.27. The minimum absolute atomic E-state index is 0.167. The van der Waals surface area contributed by atoms with Crippen LogP contribution in [0.2, 0.25) is 5.15 Å². The first-order valence-electron chi connectivity index (χ1n) is 11.7. The zero-order valence-corrected chi connectivity index (χ0v) is 20.1. The molecule has 0 unspecified atom stereocenters. The molecule has 0 aliphatic rings. The Morgan fingerprint density at radius 2 is 1.97 bits per heavy atom. The van der Waals surface area contributed by atoms with E-state index in [1.165, 1.54) is 0 Å². The lowest BCUT2D eigenvalue weighted by molar-refractivity contribution is 0.271. The molecule has 0 bridgehead atoms. The smallest absolute Gasteiger partial charge is 0.390 e. The number of halogens is 1. The molecule has 9 heteroatoms.